The first-order valence-electron chi connectivity index (χ1n) is 17.2. The molecule has 0 aliphatic heterocycles. The van der Waals surface area contributed by atoms with Crippen molar-refractivity contribution in [2.45, 2.75) is 124 Å². The molecular weight excluding hydrogens is 655 g/mol. The number of anilines is 2. The maximum absolute atomic E-state index is 12.6. The van der Waals surface area contributed by atoms with Gasteiger partial charge in [-0.3, -0.25) is 20.0 Å². The van der Waals surface area contributed by atoms with Crippen LogP contribution in [0, 0.1) is 5.92 Å². The second-order valence-electron chi connectivity index (χ2n) is 13.5. The molecule has 1 aromatic carbocycles. The molecular formula is C35H52Cl2N6O5. The van der Waals surface area contributed by atoms with Crippen molar-refractivity contribution < 1.29 is 23.9 Å². The molecule has 0 aliphatic rings. The first-order valence-corrected chi connectivity index (χ1v) is 17.9. The number of amides is 2. The number of esters is 1. The van der Waals surface area contributed by atoms with E-state index in [1.165, 1.54) is 81.5 Å². The molecule has 2 amide bonds. The smallest absolute Gasteiger partial charge is 0.411 e. The first-order chi connectivity index (χ1) is 22.8. The van der Waals surface area contributed by atoms with Crippen LogP contribution in [-0.4, -0.2) is 51.0 Å². The van der Waals surface area contributed by atoms with E-state index in [4.69, 9.17) is 32.7 Å². The van der Waals surface area contributed by atoms with Gasteiger partial charge in [-0.25, -0.2) is 9.78 Å². The van der Waals surface area contributed by atoms with Gasteiger partial charge in [0.25, 0.3) is 0 Å². The molecule has 3 N–H and O–H groups in total. The van der Waals surface area contributed by atoms with Gasteiger partial charge in [0.15, 0.2) is 11.5 Å². The number of carbonyl (C=O) groups is 3. The van der Waals surface area contributed by atoms with Crippen LogP contribution in [-0.2, 0) is 24.5 Å². The fraction of sp³-hybridized carbons (Fsp3) is 0.629. The van der Waals surface area contributed by atoms with Gasteiger partial charge in [0.05, 0.1) is 34.5 Å². The van der Waals surface area contributed by atoms with Gasteiger partial charge in [-0.05, 0) is 25.5 Å². The summed E-state index contributed by atoms with van der Waals surface area (Å²) in [5, 5.41) is 13.6. The highest BCUT2D eigenvalue weighted by atomic mass is 35.5. The second kappa shape index (κ2) is 19.0. The van der Waals surface area contributed by atoms with Gasteiger partial charge in [0.1, 0.15) is 11.6 Å². The molecule has 0 saturated heterocycles. The van der Waals surface area contributed by atoms with E-state index in [1.807, 2.05) is 20.8 Å². The lowest BCUT2D eigenvalue weighted by Crippen LogP contribution is -2.24. The van der Waals surface area contributed by atoms with Gasteiger partial charge in [0.2, 0.25) is 5.91 Å². The number of benzene rings is 1. The third kappa shape index (κ3) is 12.0. The Labute approximate surface area is 294 Å². The summed E-state index contributed by atoms with van der Waals surface area (Å²) in [5.41, 5.74) is 1.82. The molecule has 0 fully saturated rings. The molecule has 2 aromatic heterocycles. The van der Waals surface area contributed by atoms with Crippen LogP contribution in [0.3, 0.4) is 0 Å². The summed E-state index contributed by atoms with van der Waals surface area (Å²) >= 11 is 13.2. The van der Waals surface area contributed by atoms with E-state index >= 15 is 0 Å². The highest BCUT2D eigenvalue weighted by Crippen LogP contribution is 2.38. The van der Waals surface area contributed by atoms with E-state index in [2.05, 4.69) is 32.7 Å². The Hall–Kier alpha value is -3.31. The Morgan fingerprint density at radius 1 is 0.917 bits per heavy atom. The summed E-state index contributed by atoms with van der Waals surface area (Å²) in [5.74, 6) is -1.18. The van der Waals surface area contributed by atoms with E-state index in [9.17, 15) is 14.4 Å². The van der Waals surface area contributed by atoms with Gasteiger partial charge in [-0.15, -0.1) is 5.10 Å². The van der Waals surface area contributed by atoms with Crippen LogP contribution in [0.25, 0.3) is 17.0 Å². The number of H-pyrrole nitrogens is 1. The number of nitrogens with zero attached hydrogens (tertiary/aromatic N) is 3. The number of aromatic amines is 1. The maximum Gasteiger partial charge on any atom is 0.411 e. The van der Waals surface area contributed by atoms with Crippen LogP contribution >= 0.6 is 23.2 Å². The average molecular weight is 708 g/mol. The topological polar surface area (TPSA) is 140 Å². The molecule has 1 atom stereocenters. The number of ether oxygens (including phenoxy) is 2. The van der Waals surface area contributed by atoms with Gasteiger partial charge in [0, 0.05) is 18.0 Å². The van der Waals surface area contributed by atoms with Crippen molar-refractivity contribution in [3.8, 4) is 11.4 Å². The molecule has 3 aromatic rings. The van der Waals surface area contributed by atoms with Crippen LogP contribution in [0.5, 0.6) is 0 Å². The quantitative estimate of drug-likeness (QED) is 0.0833. The van der Waals surface area contributed by atoms with Crippen molar-refractivity contribution in [1.29, 1.82) is 0 Å². The zero-order valence-corrected chi connectivity index (χ0v) is 30.8. The molecule has 0 radical (unpaired) electrons. The number of carbonyl (C=O) groups excluding carboxylic acids is 3. The molecule has 0 saturated carbocycles. The fourth-order valence-electron chi connectivity index (χ4n) is 5.28. The molecule has 2 heterocycles. The van der Waals surface area contributed by atoms with Gasteiger partial charge >= 0.3 is 12.1 Å². The van der Waals surface area contributed by atoms with Crippen molar-refractivity contribution in [1.82, 2.24) is 19.8 Å². The molecule has 0 spiro atoms. The zero-order valence-electron chi connectivity index (χ0n) is 29.3. The number of rotatable bonds is 19. The number of hydrogen-bond donors (Lipinski definition) is 3. The van der Waals surface area contributed by atoms with Crippen LogP contribution in [0.15, 0.2) is 12.1 Å². The van der Waals surface area contributed by atoms with Gasteiger partial charge in [-0.2, -0.15) is 4.63 Å². The molecule has 1 unspecified atom stereocenters. The molecule has 0 bridgehead atoms. The summed E-state index contributed by atoms with van der Waals surface area (Å²) in [4.78, 5) is 41.6. The Morgan fingerprint density at radius 3 is 2.08 bits per heavy atom. The average Bonchev–Trinajstić information content (AvgIpc) is 3.56. The lowest BCUT2D eigenvalue weighted by atomic mass is 9.92. The van der Waals surface area contributed by atoms with Crippen molar-refractivity contribution in [3.05, 3.63) is 27.9 Å². The van der Waals surface area contributed by atoms with Crippen molar-refractivity contribution >= 4 is 58.2 Å². The Kier molecular flexibility index (Phi) is 15.5. The lowest BCUT2D eigenvalue weighted by Gasteiger charge is -2.16. The van der Waals surface area contributed by atoms with Crippen molar-refractivity contribution in [2.75, 3.05) is 23.8 Å². The third-order valence-corrected chi connectivity index (χ3v) is 8.63. The third-order valence-electron chi connectivity index (χ3n) is 7.97. The minimum absolute atomic E-state index is 0.157. The number of aromatic nitrogens is 4. The predicted octanol–water partition coefficient (Wildman–Crippen LogP) is 9.72. The summed E-state index contributed by atoms with van der Waals surface area (Å²) in [7, 11) is 0. The molecule has 3 rings (SSSR count). The second-order valence-corrected chi connectivity index (χ2v) is 14.2. The molecule has 0 aliphatic carbocycles. The largest absolute Gasteiger partial charge is 0.465 e. The van der Waals surface area contributed by atoms with Crippen molar-refractivity contribution in [2.24, 2.45) is 5.92 Å². The van der Waals surface area contributed by atoms with E-state index in [0.717, 1.165) is 25.0 Å². The maximum atomic E-state index is 12.6. The predicted molar refractivity (Wildman–Crippen MR) is 192 cm³/mol. The van der Waals surface area contributed by atoms with Gasteiger partial charge < -0.3 is 14.8 Å². The summed E-state index contributed by atoms with van der Waals surface area (Å²) in [6.45, 7) is 11.5. The normalized spacial score (nSPS) is 12.2. The van der Waals surface area contributed by atoms with Crippen LogP contribution in [0.1, 0.15) is 124 Å². The molecule has 11 nitrogen and oxygen atoms in total. The van der Waals surface area contributed by atoms with Crippen molar-refractivity contribution in [3.63, 3.8) is 0 Å². The van der Waals surface area contributed by atoms with Crippen LogP contribution < -0.4 is 10.6 Å². The molecule has 48 heavy (non-hydrogen) atoms. The highest BCUT2D eigenvalue weighted by Gasteiger charge is 2.26. The summed E-state index contributed by atoms with van der Waals surface area (Å²) < 4.78 is 12.1. The van der Waals surface area contributed by atoms with Gasteiger partial charge in [-0.1, -0.05) is 122 Å². The summed E-state index contributed by atoms with van der Waals surface area (Å²) in [6, 6.07) is 3.02. The number of fused-ring (bicyclic) bond motifs is 1. The van der Waals surface area contributed by atoms with Crippen LogP contribution in [0.2, 0.25) is 10.0 Å². The number of hydrogen-bond acceptors (Lipinski definition) is 7. The standard InChI is InChI=1S/C35H52Cl2N6O5/c1-7-8-9-10-11-12-13-14-15-16-17-18-19-47-33(45)23(2)22-48-34(46)39-25-20-26(36)28(27(21-25)38-24(3)44)31-40-32-29(37)30(35(4,5)6)41-43(32)42-31/h20-21,23,41H,7-19,22H2,1-6H3,(H,38,44)(H,39,46). The Bertz CT molecular complexity index is 1510. The zero-order chi connectivity index (χ0) is 35.3. The minimum atomic E-state index is -0.789. The number of nitrogens with one attached hydrogen (secondary N) is 3. The number of unbranched alkanes of at least 4 members (excludes halogenated alkanes) is 11. The van der Waals surface area contributed by atoms with E-state index in [-0.39, 0.29) is 40.2 Å². The fourth-order valence-corrected chi connectivity index (χ4v) is 6.03. The Morgan fingerprint density at radius 2 is 1.52 bits per heavy atom. The van der Waals surface area contributed by atoms with E-state index in [0.29, 0.717) is 22.8 Å². The van der Waals surface area contributed by atoms with Crippen LogP contribution in [0.4, 0.5) is 16.2 Å². The summed E-state index contributed by atoms with van der Waals surface area (Å²) in [6.07, 6.45) is 14.0. The molecule has 266 valence electrons. The minimum Gasteiger partial charge on any atom is -0.465 e. The first kappa shape index (κ1) is 39.1. The highest BCUT2D eigenvalue weighted by molar-refractivity contribution is 6.35. The lowest BCUT2D eigenvalue weighted by molar-refractivity contribution is -0.149. The SMILES string of the molecule is CCCCCCCCCCCCCCOC(=O)C(C)COC(=O)Nc1cc(Cl)c(-c2nc3c(Cl)c(C(C)(C)C)[nH]n3n2)c(NC(C)=O)c1. The Balaban J connectivity index is 1.45. The number of halogens is 2. The monoisotopic (exact) mass is 706 g/mol. The molecule has 13 heteroatoms. The van der Waals surface area contributed by atoms with E-state index < -0.39 is 18.0 Å². The van der Waals surface area contributed by atoms with E-state index in [1.54, 1.807) is 6.92 Å².